The highest BCUT2D eigenvalue weighted by Crippen LogP contribution is 2.18. The van der Waals surface area contributed by atoms with Crippen molar-refractivity contribution < 1.29 is 9.53 Å². The van der Waals surface area contributed by atoms with E-state index in [0.29, 0.717) is 11.7 Å². The summed E-state index contributed by atoms with van der Waals surface area (Å²) in [6.45, 7) is 4.03. The summed E-state index contributed by atoms with van der Waals surface area (Å²) in [4.78, 5) is 10.8. The molecular weight excluding hydrogens is 164 g/mol. The molecule has 1 saturated carbocycles. The first-order valence-corrected chi connectivity index (χ1v) is 5.41. The van der Waals surface area contributed by atoms with E-state index < -0.39 is 0 Å². The molecule has 2 fully saturated rings. The summed E-state index contributed by atoms with van der Waals surface area (Å²) in [5.74, 6) is 0.833. The van der Waals surface area contributed by atoms with Gasteiger partial charge in [-0.1, -0.05) is 13.3 Å². The van der Waals surface area contributed by atoms with E-state index in [0.717, 1.165) is 32.5 Å². The number of rotatable bonds is 0. The highest BCUT2D eigenvalue weighted by molar-refractivity contribution is 5.81. The number of hydrogen-bond donors (Lipinski definition) is 0. The van der Waals surface area contributed by atoms with Crippen molar-refractivity contribution in [1.29, 1.82) is 0 Å². The van der Waals surface area contributed by atoms with Crippen molar-refractivity contribution in [1.82, 2.24) is 0 Å². The fourth-order valence-electron chi connectivity index (χ4n) is 1.67. The SMILES string of the molecule is C1CCOC1.CC1CCCCC1=O. The molecule has 0 bridgehead atoms. The van der Waals surface area contributed by atoms with Crippen LogP contribution < -0.4 is 0 Å². The average molecular weight is 184 g/mol. The van der Waals surface area contributed by atoms with E-state index in [4.69, 9.17) is 4.74 Å². The van der Waals surface area contributed by atoms with Gasteiger partial charge in [0.1, 0.15) is 5.78 Å². The van der Waals surface area contributed by atoms with E-state index in [2.05, 4.69) is 0 Å². The highest BCUT2D eigenvalue weighted by Gasteiger charge is 2.16. The molecule has 1 saturated heterocycles. The van der Waals surface area contributed by atoms with Crippen LogP contribution in [0.15, 0.2) is 0 Å². The van der Waals surface area contributed by atoms with Crippen molar-refractivity contribution >= 4 is 5.78 Å². The second-order valence-electron chi connectivity index (χ2n) is 3.93. The van der Waals surface area contributed by atoms with Gasteiger partial charge in [-0.15, -0.1) is 0 Å². The molecule has 1 aliphatic carbocycles. The number of carbonyl (C=O) groups excluding carboxylic acids is 1. The second kappa shape index (κ2) is 6.14. The van der Waals surface area contributed by atoms with Gasteiger partial charge in [-0.2, -0.15) is 0 Å². The first-order valence-electron chi connectivity index (χ1n) is 5.41. The van der Waals surface area contributed by atoms with Gasteiger partial charge in [0.25, 0.3) is 0 Å². The Morgan fingerprint density at radius 3 is 2.15 bits per heavy atom. The Labute approximate surface area is 80.7 Å². The third-order valence-corrected chi connectivity index (χ3v) is 2.69. The van der Waals surface area contributed by atoms with Crippen molar-refractivity contribution in [3.05, 3.63) is 0 Å². The van der Waals surface area contributed by atoms with Gasteiger partial charge in [0, 0.05) is 25.6 Å². The molecule has 1 heterocycles. The van der Waals surface area contributed by atoms with Crippen LogP contribution in [0.1, 0.15) is 45.4 Å². The van der Waals surface area contributed by atoms with E-state index in [1.54, 1.807) is 0 Å². The Morgan fingerprint density at radius 2 is 1.85 bits per heavy atom. The first kappa shape index (κ1) is 10.7. The van der Waals surface area contributed by atoms with Crippen LogP contribution in [0.3, 0.4) is 0 Å². The van der Waals surface area contributed by atoms with Crippen LogP contribution in [0.2, 0.25) is 0 Å². The number of carbonyl (C=O) groups is 1. The van der Waals surface area contributed by atoms with E-state index in [9.17, 15) is 4.79 Å². The van der Waals surface area contributed by atoms with Crippen LogP contribution >= 0.6 is 0 Å². The topological polar surface area (TPSA) is 26.3 Å². The molecule has 1 unspecified atom stereocenters. The third-order valence-electron chi connectivity index (χ3n) is 2.69. The van der Waals surface area contributed by atoms with Gasteiger partial charge in [-0.3, -0.25) is 4.79 Å². The van der Waals surface area contributed by atoms with Crippen LogP contribution in [0.5, 0.6) is 0 Å². The van der Waals surface area contributed by atoms with E-state index in [1.807, 2.05) is 6.92 Å². The lowest BCUT2D eigenvalue weighted by Crippen LogP contribution is -2.14. The van der Waals surface area contributed by atoms with Gasteiger partial charge < -0.3 is 4.74 Å². The molecular formula is C11H20O2. The lowest BCUT2D eigenvalue weighted by atomic mass is 9.90. The minimum atomic E-state index is 0.365. The number of Topliss-reactive ketones (excluding diaryl/α,β-unsaturated/α-hetero) is 1. The molecule has 0 aromatic rings. The summed E-state index contributed by atoms with van der Waals surface area (Å²) in [6, 6.07) is 0. The smallest absolute Gasteiger partial charge is 0.135 e. The van der Waals surface area contributed by atoms with Gasteiger partial charge in [-0.25, -0.2) is 0 Å². The van der Waals surface area contributed by atoms with Crippen LogP contribution in [0.25, 0.3) is 0 Å². The number of ether oxygens (including phenoxy) is 1. The minimum absolute atomic E-state index is 0.365. The molecule has 2 aliphatic rings. The molecule has 13 heavy (non-hydrogen) atoms. The zero-order valence-electron chi connectivity index (χ0n) is 8.55. The molecule has 2 rings (SSSR count). The van der Waals surface area contributed by atoms with Crippen LogP contribution in [0.4, 0.5) is 0 Å². The number of hydrogen-bond acceptors (Lipinski definition) is 2. The quantitative estimate of drug-likeness (QED) is 0.578. The predicted molar refractivity (Wildman–Crippen MR) is 52.7 cm³/mol. The Bertz CT molecular complexity index is 143. The summed E-state index contributed by atoms with van der Waals surface area (Å²) in [5, 5.41) is 0. The van der Waals surface area contributed by atoms with Crippen LogP contribution in [0, 0.1) is 5.92 Å². The summed E-state index contributed by atoms with van der Waals surface area (Å²) in [6.07, 6.45) is 6.90. The van der Waals surface area contributed by atoms with Crippen molar-refractivity contribution in [3.63, 3.8) is 0 Å². The monoisotopic (exact) mass is 184 g/mol. The molecule has 2 nitrogen and oxygen atoms in total. The third kappa shape index (κ3) is 4.41. The van der Waals surface area contributed by atoms with Crippen LogP contribution in [-0.4, -0.2) is 19.0 Å². The Kier molecular flexibility index (Phi) is 5.06. The summed E-state index contributed by atoms with van der Waals surface area (Å²) >= 11 is 0. The van der Waals surface area contributed by atoms with Crippen molar-refractivity contribution in [2.24, 2.45) is 5.92 Å². The van der Waals surface area contributed by atoms with E-state index in [-0.39, 0.29) is 0 Å². The normalized spacial score (nSPS) is 28.1. The lowest BCUT2D eigenvalue weighted by Gasteiger charge is -2.14. The Hall–Kier alpha value is -0.370. The maximum atomic E-state index is 10.8. The second-order valence-corrected chi connectivity index (χ2v) is 3.93. The zero-order valence-corrected chi connectivity index (χ0v) is 8.55. The fourth-order valence-corrected chi connectivity index (χ4v) is 1.67. The van der Waals surface area contributed by atoms with Gasteiger partial charge in [0.2, 0.25) is 0 Å². The Balaban J connectivity index is 0.000000145. The van der Waals surface area contributed by atoms with E-state index in [1.165, 1.54) is 19.3 Å². The molecule has 0 aromatic heterocycles. The number of ketones is 1. The van der Waals surface area contributed by atoms with Crippen molar-refractivity contribution in [3.8, 4) is 0 Å². The molecule has 0 N–H and O–H groups in total. The van der Waals surface area contributed by atoms with Gasteiger partial charge in [0.15, 0.2) is 0 Å². The minimum Gasteiger partial charge on any atom is -0.381 e. The van der Waals surface area contributed by atoms with Gasteiger partial charge >= 0.3 is 0 Å². The predicted octanol–water partition coefficient (Wildman–Crippen LogP) is 2.56. The molecule has 76 valence electrons. The van der Waals surface area contributed by atoms with E-state index >= 15 is 0 Å². The molecule has 0 aromatic carbocycles. The summed E-state index contributed by atoms with van der Waals surface area (Å²) in [5.41, 5.74) is 0. The lowest BCUT2D eigenvalue weighted by molar-refractivity contribution is -0.123. The van der Waals surface area contributed by atoms with Crippen molar-refractivity contribution in [2.75, 3.05) is 13.2 Å². The first-order chi connectivity index (χ1) is 6.30. The molecule has 1 atom stereocenters. The van der Waals surface area contributed by atoms with Crippen LogP contribution in [-0.2, 0) is 9.53 Å². The maximum absolute atomic E-state index is 10.8. The molecule has 0 amide bonds. The largest absolute Gasteiger partial charge is 0.381 e. The molecule has 0 radical (unpaired) electrons. The summed E-state index contributed by atoms with van der Waals surface area (Å²) < 4.78 is 4.94. The Morgan fingerprint density at radius 1 is 1.15 bits per heavy atom. The van der Waals surface area contributed by atoms with Gasteiger partial charge in [0.05, 0.1) is 0 Å². The average Bonchev–Trinajstić information content (AvgIpc) is 2.68. The van der Waals surface area contributed by atoms with Gasteiger partial charge in [-0.05, 0) is 25.7 Å². The van der Waals surface area contributed by atoms with Crippen molar-refractivity contribution in [2.45, 2.75) is 45.4 Å². The standard InChI is InChI=1S/C7H12O.C4H8O/c1-6-4-2-3-5-7(6)8;1-2-4-5-3-1/h6H,2-5H2,1H3;1-4H2. The fraction of sp³-hybridized carbons (Fsp3) is 0.909. The zero-order chi connectivity index (χ0) is 9.52. The molecule has 0 spiro atoms. The molecule has 1 aliphatic heterocycles. The molecule has 2 heteroatoms. The maximum Gasteiger partial charge on any atom is 0.135 e. The summed E-state index contributed by atoms with van der Waals surface area (Å²) in [7, 11) is 0. The highest BCUT2D eigenvalue weighted by atomic mass is 16.5.